The van der Waals surface area contributed by atoms with Gasteiger partial charge in [0.2, 0.25) is 0 Å². The minimum Gasteiger partial charge on any atom is -0.349 e. The minimum atomic E-state index is -4.96. The lowest BCUT2D eigenvalue weighted by Crippen LogP contribution is -2.46. The fourth-order valence-electron chi connectivity index (χ4n) is 4.51. The van der Waals surface area contributed by atoms with Crippen molar-refractivity contribution in [2.75, 3.05) is 27.2 Å². The fourth-order valence-corrected chi connectivity index (χ4v) is 4.51. The van der Waals surface area contributed by atoms with Gasteiger partial charge in [0.1, 0.15) is 11.4 Å². The summed E-state index contributed by atoms with van der Waals surface area (Å²) in [5, 5.41) is 11.2. The van der Waals surface area contributed by atoms with Crippen molar-refractivity contribution in [2.24, 2.45) is 0 Å². The van der Waals surface area contributed by atoms with Crippen LogP contribution >= 0.6 is 0 Å². The number of hydrogen-bond donors (Lipinski definition) is 1. The monoisotopic (exact) mass is 557 g/mol. The number of benzene rings is 2. The largest absolute Gasteiger partial charge is 0.416 e. The third kappa shape index (κ3) is 7.15. The van der Waals surface area contributed by atoms with Crippen molar-refractivity contribution in [3.8, 4) is 0 Å². The molecular weight excluding hydrogens is 528 g/mol. The zero-order chi connectivity index (χ0) is 28.4. The van der Waals surface area contributed by atoms with Crippen LogP contribution in [0.5, 0.6) is 0 Å². The summed E-state index contributed by atoms with van der Waals surface area (Å²) >= 11 is 0. The summed E-state index contributed by atoms with van der Waals surface area (Å²) in [5.74, 6) is 0. The third-order valence-corrected chi connectivity index (χ3v) is 6.39. The van der Waals surface area contributed by atoms with Gasteiger partial charge in [-0.05, 0) is 50.3 Å². The smallest absolute Gasteiger partial charge is 0.349 e. The average molecular weight is 558 g/mol. The number of H-pyrrole nitrogens is 1. The highest BCUT2D eigenvalue weighted by Gasteiger charge is 2.39. The molecule has 0 aliphatic carbocycles. The standard InChI is InChI=1S/C26H29F6N5O2/c1-16(18-11-19(25(27,28)29)13-20(12-18)26(30,31)32)39-24-23(17-7-5-4-6-8-17)37(9-10-38-24)15-22-21(14-36(2)3)33-35-34-22/h4-8,11-13,16,23-24H,9-10,14-15H2,1-3H3,(H,33,34,35)/t16-,23?,24-/m1/s1. The van der Waals surface area contributed by atoms with Crippen molar-refractivity contribution in [2.45, 2.75) is 50.8 Å². The van der Waals surface area contributed by atoms with Gasteiger partial charge in [-0.25, -0.2) is 0 Å². The Kier molecular flexibility index (Phi) is 8.64. The Morgan fingerprint density at radius 2 is 1.62 bits per heavy atom. The van der Waals surface area contributed by atoms with Crippen LogP contribution in [0.15, 0.2) is 48.5 Å². The van der Waals surface area contributed by atoms with E-state index in [9.17, 15) is 26.3 Å². The summed E-state index contributed by atoms with van der Waals surface area (Å²) < 4.78 is 92.6. The van der Waals surface area contributed by atoms with E-state index in [1.54, 1.807) is 0 Å². The number of nitrogens with zero attached hydrogens (tertiary/aromatic N) is 4. The number of nitrogens with one attached hydrogen (secondary N) is 1. The highest BCUT2D eigenvalue weighted by Crippen LogP contribution is 2.39. The molecule has 212 valence electrons. The molecule has 0 radical (unpaired) electrons. The maximum absolute atomic E-state index is 13.4. The quantitative estimate of drug-likeness (QED) is 0.365. The Labute approximate surface area is 221 Å². The molecule has 2 aromatic carbocycles. The maximum Gasteiger partial charge on any atom is 0.416 e. The molecule has 13 heteroatoms. The molecule has 0 amide bonds. The molecule has 0 bridgehead atoms. The van der Waals surface area contributed by atoms with Crippen LogP contribution in [0.3, 0.4) is 0 Å². The van der Waals surface area contributed by atoms with Gasteiger partial charge >= 0.3 is 12.4 Å². The molecule has 39 heavy (non-hydrogen) atoms. The Bertz CT molecular complexity index is 1200. The van der Waals surface area contributed by atoms with Crippen LogP contribution in [-0.2, 0) is 34.9 Å². The van der Waals surface area contributed by atoms with Gasteiger partial charge in [0.05, 0.1) is 29.9 Å². The normalized spacial score (nSPS) is 19.9. The van der Waals surface area contributed by atoms with Gasteiger partial charge in [0, 0.05) is 19.6 Å². The van der Waals surface area contributed by atoms with Gasteiger partial charge in [-0.1, -0.05) is 30.3 Å². The number of halogens is 6. The second-order valence-corrected chi connectivity index (χ2v) is 9.64. The molecule has 2 heterocycles. The van der Waals surface area contributed by atoms with Crippen molar-refractivity contribution < 1.29 is 35.8 Å². The fraction of sp³-hybridized carbons (Fsp3) is 0.462. The molecular formula is C26H29F6N5O2. The predicted molar refractivity (Wildman–Crippen MR) is 129 cm³/mol. The number of aromatic nitrogens is 3. The van der Waals surface area contributed by atoms with Gasteiger partial charge in [0.25, 0.3) is 0 Å². The lowest BCUT2D eigenvalue weighted by atomic mass is 10.0. The maximum atomic E-state index is 13.4. The van der Waals surface area contributed by atoms with Gasteiger partial charge < -0.3 is 14.4 Å². The third-order valence-electron chi connectivity index (χ3n) is 6.39. The SMILES string of the molecule is C[C@@H](O[C@H]1OCCN(Cc2n[nH]nc2CN(C)C)C1c1ccccc1)c1cc(C(F)(F)F)cc(C(F)(F)F)c1. The van der Waals surface area contributed by atoms with Crippen molar-refractivity contribution in [3.05, 3.63) is 82.2 Å². The topological polar surface area (TPSA) is 66.5 Å². The Morgan fingerprint density at radius 1 is 1.00 bits per heavy atom. The Balaban J connectivity index is 1.64. The van der Waals surface area contributed by atoms with Crippen molar-refractivity contribution in [1.29, 1.82) is 0 Å². The highest BCUT2D eigenvalue weighted by atomic mass is 19.4. The molecule has 1 aromatic heterocycles. The van der Waals surface area contributed by atoms with Gasteiger partial charge in [-0.3, -0.25) is 4.90 Å². The van der Waals surface area contributed by atoms with E-state index in [0.717, 1.165) is 11.3 Å². The predicted octanol–water partition coefficient (Wildman–Crippen LogP) is 5.58. The summed E-state index contributed by atoms with van der Waals surface area (Å²) in [6, 6.07) is 10.2. The second kappa shape index (κ2) is 11.6. The number of hydrogen-bond acceptors (Lipinski definition) is 6. The molecule has 1 fully saturated rings. The van der Waals surface area contributed by atoms with Crippen molar-refractivity contribution in [1.82, 2.24) is 25.2 Å². The van der Waals surface area contributed by atoms with E-state index in [1.807, 2.05) is 49.3 Å². The van der Waals surface area contributed by atoms with Crippen LogP contribution in [0.4, 0.5) is 26.3 Å². The average Bonchev–Trinajstić information content (AvgIpc) is 3.29. The second-order valence-electron chi connectivity index (χ2n) is 9.64. The van der Waals surface area contributed by atoms with Crippen molar-refractivity contribution in [3.63, 3.8) is 0 Å². The van der Waals surface area contributed by atoms with E-state index < -0.39 is 41.9 Å². The van der Waals surface area contributed by atoms with Crippen LogP contribution in [0, 0.1) is 0 Å². The van der Waals surface area contributed by atoms with E-state index in [0.29, 0.717) is 37.5 Å². The molecule has 0 spiro atoms. The lowest BCUT2D eigenvalue weighted by Gasteiger charge is -2.42. The molecule has 1 saturated heterocycles. The van der Waals surface area contributed by atoms with Gasteiger partial charge in [-0.15, -0.1) is 0 Å². The van der Waals surface area contributed by atoms with Crippen LogP contribution in [0.1, 0.15) is 52.7 Å². The Hall–Kier alpha value is -3.00. The number of morpholine rings is 1. The number of alkyl halides is 6. The first-order valence-corrected chi connectivity index (χ1v) is 12.2. The molecule has 1 N–H and O–H groups in total. The minimum absolute atomic E-state index is 0.102. The molecule has 7 nitrogen and oxygen atoms in total. The summed E-state index contributed by atoms with van der Waals surface area (Å²) in [6.45, 7) is 3.06. The molecule has 3 atom stereocenters. The van der Waals surface area contributed by atoms with E-state index in [-0.39, 0.29) is 18.2 Å². The molecule has 1 unspecified atom stereocenters. The molecule has 3 aromatic rings. The summed E-state index contributed by atoms with van der Waals surface area (Å²) in [5.41, 5.74) is -0.763. The Morgan fingerprint density at radius 3 is 2.21 bits per heavy atom. The number of ether oxygens (including phenoxy) is 2. The van der Waals surface area contributed by atoms with Crippen LogP contribution in [0.25, 0.3) is 0 Å². The zero-order valence-corrected chi connectivity index (χ0v) is 21.6. The zero-order valence-electron chi connectivity index (χ0n) is 21.6. The summed E-state index contributed by atoms with van der Waals surface area (Å²) in [7, 11) is 3.81. The first-order valence-electron chi connectivity index (χ1n) is 12.2. The van der Waals surface area contributed by atoms with Crippen LogP contribution < -0.4 is 0 Å². The van der Waals surface area contributed by atoms with E-state index in [1.165, 1.54) is 6.92 Å². The van der Waals surface area contributed by atoms with Crippen LogP contribution in [0.2, 0.25) is 0 Å². The number of aromatic amines is 1. The van der Waals surface area contributed by atoms with E-state index in [2.05, 4.69) is 20.3 Å². The number of rotatable bonds is 8. The van der Waals surface area contributed by atoms with E-state index in [4.69, 9.17) is 9.47 Å². The first-order chi connectivity index (χ1) is 18.3. The first kappa shape index (κ1) is 29.0. The molecule has 0 saturated carbocycles. The van der Waals surface area contributed by atoms with Gasteiger partial charge in [0.15, 0.2) is 6.29 Å². The summed E-state index contributed by atoms with van der Waals surface area (Å²) in [4.78, 5) is 4.01. The van der Waals surface area contributed by atoms with E-state index >= 15 is 0 Å². The van der Waals surface area contributed by atoms with Crippen molar-refractivity contribution >= 4 is 0 Å². The summed E-state index contributed by atoms with van der Waals surface area (Å²) in [6.07, 6.45) is -12.0. The van der Waals surface area contributed by atoms with Crippen LogP contribution in [-0.4, -0.2) is 58.7 Å². The lowest BCUT2D eigenvalue weighted by molar-refractivity contribution is -0.231. The highest BCUT2D eigenvalue weighted by molar-refractivity contribution is 5.34. The van der Waals surface area contributed by atoms with Gasteiger partial charge in [-0.2, -0.15) is 41.8 Å². The molecule has 1 aliphatic heterocycles. The molecule has 1 aliphatic rings. The molecule has 4 rings (SSSR count).